The number of nitrogens with one attached hydrogen (secondary N) is 1. The van der Waals surface area contributed by atoms with E-state index in [1.807, 2.05) is 0 Å². The molecule has 0 bridgehead atoms. The predicted octanol–water partition coefficient (Wildman–Crippen LogP) is 0.510. The summed E-state index contributed by atoms with van der Waals surface area (Å²) in [6.45, 7) is 1.74. The van der Waals surface area contributed by atoms with E-state index in [2.05, 4.69) is 5.32 Å². The molecular formula is C10H15NO3. The van der Waals surface area contributed by atoms with Gasteiger partial charge < -0.3 is 5.11 Å². The Bertz CT molecular complexity index is 269. The highest BCUT2D eigenvalue weighted by atomic mass is 16.3. The van der Waals surface area contributed by atoms with Crippen molar-refractivity contribution in [1.29, 1.82) is 0 Å². The van der Waals surface area contributed by atoms with Crippen LogP contribution in [0.5, 0.6) is 0 Å². The quantitative estimate of drug-likeness (QED) is 0.392. The van der Waals surface area contributed by atoms with Gasteiger partial charge >= 0.3 is 0 Å². The third-order valence-electron chi connectivity index (χ3n) is 2.11. The van der Waals surface area contributed by atoms with E-state index in [0.29, 0.717) is 5.57 Å². The summed E-state index contributed by atoms with van der Waals surface area (Å²) >= 11 is 0. The number of carbonyl (C=O) groups excluding carboxylic acids is 2. The van der Waals surface area contributed by atoms with Gasteiger partial charge in [0.2, 0.25) is 5.91 Å². The molecule has 14 heavy (non-hydrogen) atoms. The van der Waals surface area contributed by atoms with Gasteiger partial charge in [0.1, 0.15) is 0 Å². The fourth-order valence-corrected chi connectivity index (χ4v) is 1.36. The van der Waals surface area contributed by atoms with Crippen molar-refractivity contribution in [2.75, 3.05) is 0 Å². The monoisotopic (exact) mass is 197 g/mol. The van der Waals surface area contributed by atoms with Crippen molar-refractivity contribution >= 4 is 11.8 Å². The largest absolute Gasteiger partial charge is 0.393 e. The topological polar surface area (TPSA) is 66.4 Å². The van der Waals surface area contributed by atoms with Crippen LogP contribution in [0.1, 0.15) is 32.6 Å². The van der Waals surface area contributed by atoms with E-state index in [1.165, 1.54) is 0 Å². The van der Waals surface area contributed by atoms with Crippen LogP contribution in [-0.4, -0.2) is 23.0 Å². The molecule has 0 saturated carbocycles. The third kappa shape index (κ3) is 3.30. The van der Waals surface area contributed by atoms with Crippen LogP contribution >= 0.6 is 0 Å². The zero-order valence-corrected chi connectivity index (χ0v) is 8.25. The van der Waals surface area contributed by atoms with Gasteiger partial charge in [0.05, 0.1) is 12.5 Å². The van der Waals surface area contributed by atoms with Crippen LogP contribution in [0.4, 0.5) is 0 Å². The molecule has 78 valence electrons. The normalized spacial score (nSPS) is 21.4. The molecule has 0 aromatic rings. The maximum atomic E-state index is 11.1. The lowest BCUT2D eigenvalue weighted by Gasteiger charge is -2.00. The van der Waals surface area contributed by atoms with Gasteiger partial charge in [-0.25, -0.2) is 0 Å². The van der Waals surface area contributed by atoms with Crippen LogP contribution in [0.3, 0.4) is 0 Å². The summed E-state index contributed by atoms with van der Waals surface area (Å²) in [5, 5.41) is 11.2. The number of rotatable bonds is 4. The van der Waals surface area contributed by atoms with E-state index in [0.717, 1.165) is 19.3 Å². The van der Waals surface area contributed by atoms with E-state index in [1.54, 1.807) is 13.0 Å². The van der Waals surface area contributed by atoms with Crippen molar-refractivity contribution in [2.24, 2.45) is 0 Å². The Balaban J connectivity index is 2.31. The zero-order chi connectivity index (χ0) is 10.6. The SMILES string of the molecule is CC(O)CCC/C=C1/CC(=O)NC1=O. The molecule has 0 aliphatic carbocycles. The van der Waals surface area contributed by atoms with Crippen LogP contribution in [0.2, 0.25) is 0 Å². The van der Waals surface area contributed by atoms with Gasteiger partial charge in [-0.2, -0.15) is 0 Å². The van der Waals surface area contributed by atoms with Crippen molar-refractivity contribution in [1.82, 2.24) is 5.32 Å². The molecule has 1 aliphatic heterocycles. The fourth-order valence-electron chi connectivity index (χ4n) is 1.36. The Morgan fingerprint density at radius 3 is 2.79 bits per heavy atom. The van der Waals surface area contributed by atoms with Crippen molar-refractivity contribution in [2.45, 2.75) is 38.7 Å². The second-order valence-corrected chi connectivity index (χ2v) is 3.56. The maximum Gasteiger partial charge on any atom is 0.253 e. The number of hydrogen-bond acceptors (Lipinski definition) is 3. The number of amides is 2. The second kappa shape index (κ2) is 4.91. The second-order valence-electron chi connectivity index (χ2n) is 3.56. The Labute approximate surface area is 83.0 Å². The van der Waals surface area contributed by atoms with Crippen LogP contribution in [0.25, 0.3) is 0 Å². The van der Waals surface area contributed by atoms with Gasteiger partial charge in [0.15, 0.2) is 0 Å². The molecule has 1 aliphatic rings. The molecule has 1 fully saturated rings. The molecule has 1 heterocycles. The lowest BCUT2D eigenvalue weighted by Crippen LogP contribution is -2.19. The Kier molecular flexibility index (Phi) is 3.83. The number of allylic oxidation sites excluding steroid dienone is 1. The number of aliphatic hydroxyl groups excluding tert-OH is 1. The summed E-state index contributed by atoms with van der Waals surface area (Å²) in [6, 6.07) is 0. The van der Waals surface area contributed by atoms with E-state index in [9.17, 15) is 9.59 Å². The first-order valence-electron chi connectivity index (χ1n) is 4.81. The van der Waals surface area contributed by atoms with Gasteiger partial charge in [-0.05, 0) is 26.2 Å². The van der Waals surface area contributed by atoms with Gasteiger partial charge in [0, 0.05) is 5.57 Å². The number of imide groups is 1. The highest BCUT2D eigenvalue weighted by molar-refractivity contribution is 6.13. The first-order valence-corrected chi connectivity index (χ1v) is 4.81. The first-order chi connectivity index (χ1) is 6.59. The van der Waals surface area contributed by atoms with Crippen molar-refractivity contribution in [3.8, 4) is 0 Å². The molecule has 4 nitrogen and oxygen atoms in total. The molecule has 4 heteroatoms. The molecular weight excluding hydrogens is 182 g/mol. The number of carbonyl (C=O) groups is 2. The Morgan fingerprint density at radius 2 is 2.29 bits per heavy atom. The molecule has 2 N–H and O–H groups in total. The minimum atomic E-state index is -0.299. The fraction of sp³-hybridized carbons (Fsp3) is 0.600. The lowest BCUT2D eigenvalue weighted by atomic mass is 10.1. The van der Waals surface area contributed by atoms with Crippen LogP contribution in [0.15, 0.2) is 11.6 Å². The Hall–Kier alpha value is -1.16. The summed E-state index contributed by atoms with van der Waals surface area (Å²) in [7, 11) is 0. The minimum Gasteiger partial charge on any atom is -0.393 e. The highest BCUT2D eigenvalue weighted by Gasteiger charge is 2.22. The maximum absolute atomic E-state index is 11.1. The van der Waals surface area contributed by atoms with Crippen LogP contribution in [0, 0.1) is 0 Å². The summed E-state index contributed by atoms with van der Waals surface area (Å²) in [5.41, 5.74) is 0.556. The molecule has 0 aromatic carbocycles. The van der Waals surface area contributed by atoms with Gasteiger partial charge in [-0.15, -0.1) is 0 Å². The van der Waals surface area contributed by atoms with Crippen molar-refractivity contribution in [3.05, 3.63) is 11.6 Å². The summed E-state index contributed by atoms with van der Waals surface area (Å²) in [6.07, 6.45) is 3.98. The van der Waals surface area contributed by atoms with E-state index in [-0.39, 0.29) is 24.3 Å². The van der Waals surface area contributed by atoms with Gasteiger partial charge in [0.25, 0.3) is 5.91 Å². The minimum absolute atomic E-state index is 0.202. The molecule has 1 atom stereocenters. The summed E-state index contributed by atoms with van der Waals surface area (Å²) < 4.78 is 0. The smallest absolute Gasteiger partial charge is 0.253 e. The number of unbranched alkanes of at least 4 members (excludes halogenated alkanes) is 1. The molecule has 1 saturated heterocycles. The highest BCUT2D eigenvalue weighted by Crippen LogP contribution is 2.11. The summed E-state index contributed by atoms with van der Waals surface area (Å²) in [5.74, 6) is -0.496. The van der Waals surface area contributed by atoms with Gasteiger partial charge in [-0.1, -0.05) is 6.08 Å². The zero-order valence-electron chi connectivity index (χ0n) is 8.25. The lowest BCUT2D eigenvalue weighted by molar-refractivity contribution is -0.124. The van der Waals surface area contributed by atoms with Crippen LogP contribution in [-0.2, 0) is 9.59 Å². The standard InChI is InChI=1S/C10H15NO3/c1-7(12)4-2-3-5-8-6-9(13)11-10(8)14/h5,7,12H,2-4,6H2,1H3,(H,11,13,14)/b8-5-. The van der Waals surface area contributed by atoms with Crippen LogP contribution < -0.4 is 5.32 Å². The average molecular weight is 197 g/mol. The van der Waals surface area contributed by atoms with E-state index in [4.69, 9.17) is 5.11 Å². The predicted molar refractivity (Wildman–Crippen MR) is 51.4 cm³/mol. The van der Waals surface area contributed by atoms with Crippen molar-refractivity contribution < 1.29 is 14.7 Å². The third-order valence-corrected chi connectivity index (χ3v) is 2.11. The number of aliphatic hydroxyl groups is 1. The number of hydrogen-bond donors (Lipinski definition) is 2. The average Bonchev–Trinajstić information content (AvgIpc) is 2.39. The molecule has 1 unspecified atom stereocenters. The molecule has 0 aromatic heterocycles. The Morgan fingerprint density at radius 1 is 1.57 bits per heavy atom. The van der Waals surface area contributed by atoms with Gasteiger partial charge in [-0.3, -0.25) is 14.9 Å². The molecule has 0 spiro atoms. The van der Waals surface area contributed by atoms with E-state index >= 15 is 0 Å². The molecule has 0 radical (unpaired) electrons. The van der Waals surface area contributed by atoms with Crippen molar-refractivity contribution in [3.63, 3.8) is 0 Å². The first kappa shape index (κ1) is 10.9. The molecule has 2 amide bonds. The summed E-state index contributed by atoms with van der Waals surface area (Å²) in [4.78, 5) is 21.9. The molecule has 1 rings (SSSR count). The van der Waals surface area contributed by atoms with E-state index < -0.39 is 0 Å².